The van der Waals surface area contributed by atoms with E-state index in [2.05, 4.69) is 10.3 Å². The molecule has 1 aromatic heterocycles. The summed E-state index contributed by atoms with van der Waals surface area (Å²) in [5.41, 5.74) is 3.23. The van der Waals surface area contributed by atoms with E-state index in [1.807, 2.05) is 35.7 Å². The number of nitro groups is 1. The van der Waals surface area contributed by atoms with Gasteiger partial charge >= 0.3 is 0 Å². The number of hydrogen-bond acceptors (Lipinski definition) is 6. The second-order valence-corrected chi connectivity index (χ2v) is 6.32. The molecule has 0 saturated carbocycles. The van der Waals surface area contributed by atoms with E-state index in [0.717, 1.165) is 27.7 Å². The minimum absolute atomic E-state index is 0.106. The summed E-state index contributed by atoms with van der Waals surface area (Å²) < 4.78 is 5.33. The molecular weight excluding hydrogens is 338 g/mol. The standard InChI is InChI=1S/C18H17N3O3S/c1-12-7-8-13(9-16(12)21(22)23)15-11-25-18(20-15)19-10-14-5-3-4-6-17(14)24-2/h3-9,11H,10H2,1-2H3,(H,19,20). The van der Waals surface area contributed by atoms with Crippen LogP contribution in [0.1, 0.15) is 11.1 Å². The van der Waals surface area contributed by atoms with Crippen LogP contribution in [-0.4, -0.2) is 17.0 Å². The van der Waals surface area contributed by atoms with Crippen molar-refractivity contribution in [2.24, 2.45) is 0 Å². The van der Waals surface area contributed by atoms with Crippen molar-refractivity contribution in [1.82, 2.24) is 4.98 Å². The van der Waals surface area contributed by atoms with Gasteiger partial charge in [-0.15, -0.1) is 11.3 Å². The van der Waals surface area contributed by atoms with Crippen LogP contribution >= 0.6 is 11.3 Å². The minimum Gasteiger partial charge on any atom is -0.496 e. The first-order valence-electron chi connectivity index (χ1n) is 7.65. The zero-order chi connectivity index (χ0) is 17.8. The van der Waals surface area contributed by atoms with E-state index in [-0.39, 0.29) is 10.6 Å². The fourth-order valence-corrected chi connectivity index (χ4v) is 3.19. The number of benzene rings is 2. The highest BCUT2D eigenvalue weighted by molar-refractivity contribution is 7.14. The summed E-state index contributed by atoms with van der Waals surface area (Å²) in [4.78, 5) is 15.2. The predicted octanol–water partition coefficient (Wildman–Crippen LogP) is 4.65. The van der Waals surface area contributed by atoms with Crippen molar-refractivity contribution < 1.29 is 9.66 Å². The number of ether oxygens (including phenoxy) is 1. The van der Waals surface area contributed by atoms with Gasteiger partial charge in [0.15, 0.2) is 5.13 Å². The van der Waals surface area contributed by atoms with E-state index in [4.69, 9.17) is 4.74 Å². The molecule has 1 heterocycles. The van der Waals surface area contributed by atoms with Gasteiger partial charge < -0.3 is 10.1 Å². The number of methoxy groups -OCH3 is 1. The molecular formula is C18H17N3O3S. The van der Waals surface area contributed by atoms with Gasteiger partial charge in [-0.05, 0) is 13.0 Å². The molecule has 0 aliphatic carbocycles. The Morgan fingerprint density at radius 2 is 2.08 bits per heavy atom. The number of aryl methyl sites for hydroxylation is 1. The van der Waals surface area contributed by atoms with E-state index in [1.165, 1.54) is 11.3 Å². The van der Waals surface area contributed by atoms with Gasteiger partial charge in [-0.2, -0.15) is 0 Å². The Bertz CT molecular complexity index is 908. The van der Waals surface area contributed by atoms with Crippen LogP contribution in [0.15, 0.2) is 47.8 Å². The molecule has 0 atom stereocenters. The lowest BCUT2D eigenvalue weighted by Gasteiger charge is -2.08. The molecule has 0 aliphatic rings. The summed E-state index contributed by atoms with van der Waals surface area (Å²) >= 11 is 1.46. The van der Waals surface area contributed by atoms with Gasteiger partial charge in [0.25, 0.3) is 5.69 Å². The van der Waals surface area contributed by atoms with Crippen LogP contribution in [0.2, 0.25) is 0 Å². The van der Waals surface area contributed by atoms with Crippen molar-refractivity contribution in [2.45, 2.75) is 13.5 Å². The van der Waals surface area contributed by atoms with Crippen LogP contribution in [0.5, 0.6) is 5.75 Å². The van der Waals surface area contributed by atoms with Crippen molar-refractivity contribution in [1.29, 1.82) is 0 Å². The molecule has 0 saturated heterocycles. The molecule has 0 spiro atoms. The SMILES string of the molecule is COc1ccccc1CNc1nc(-c2ccc(C)c([N+](=O)[O-])c2)cs1. The Morgan fingerprint density at radius 3 is 2.84 bits per heavy atom. The molecule has 2 aromatic carbocycles. The van der Waals surface area contributed by atoms with Crippen molar-refractivity contribution in [3.8, 4) is 17.0 Å². The quantitative estimate of drug-likeness (QED) is 0.514. The predicted molar refractivity (Wildman–Crippen MR) is 99.3 cm³/mol. The zero-order valence-electron chi connectivity index (χ0n) is 13.9. The maximum Gasteiger partial charge on any atom is 0.272 e. The summed E-state index contributed by atoms with van der Waals surface area (Å²) in [6.45, 7) is 2.31. The molecule has 0 fully saturated rings. The molecule has 1 N–H and O–H groups in total. The third-order valence-corrected chi connectivity index (χ3v) is 4.63. The first-order chi connectivity index (χ1) is 12.1. The van der Waals surface area contributed by atoms with Crippen LogP contribution in [0.3, 0.4) is 0 Å². The fourth-order valence-electron chi connectivity index (χ4n) is 2.47. The van der Waals surface area contributed by atoms with Crippen molar-refractivity contribution in [3.05, 3.63) is 69.1 Å². The molecule has 0 radical (unpaired) electrons. The fraction of sp³-hybridized carbons (Fsp3) is 0.167. The highest BCUT2D eigenvalue weighted by Crippen LogP contribution is 2.30. The normalized spacial score (nSPS) is 10.5. The summed E-state index contributed by atoms with van der Waals surface area (Å²) in [7, 11) is 1.64. The highest BCUT2D eigenvalue weighted by Gasteiger charge is 2.13. The second-order valence-electron chi connectivity index (χ2n) is 5.46. The van der Waals surface area contributed by atoms with Crippen LogP contribution < -0.4 is 10.1 Å². The van der Waals surface area contributed by atoms with Crippen LogP contribution in [-0.2, 0) is 6.54 Å². The Morgan fingerprint density at radius 1 is 1.28 bits per heavy atom. The summed E-state index contributed by atoms with van der Waals surface area (Å²) in [6, 6.07) is 12.9. The zero-order valence-corrected chi connectivity index (χ0v) is 14.7. The number of hydrogen-bond donors (Lipinski definition) is 1. The minimum atomic E-state index is -0.369. The number of thiazole rings is 1. The van der Waals surface area contributed by atoms with Gasteiger partial charge in [0.2, 0.25) is 0 Å². The third-order valence-electron chi connectivity index (χ3n) is 3.83. The highest BCUT2D eigenvalue weighted by atomic mass is 32.1. The van der Waals surface area contributed by atoms with Gasteiger partial charge in [-0.3, -0.25) is 10.1 Å². The van der Waals surface area contributed by atoms with E-state index in [1.54, 1.807) is 26.2 Å². The van der Waals surface area contributed by atoms with E-state index in [9.17, 15) is 10.1 Å². The maximum atomic E-state index is 11.1. The Kier molecular flexibility index (Phi) is 4.95. The third kappa shape index (κ3) is 3.77. The number of rotatable bonds is 6. The molecule has 7 heteroatoms. The topological polar surface area (TPSA) is 77.3 Å². The molecule has 0 unspecified atom stereocenters. The summed E-state index contributed by atoms with van der Waals surface area (Å²) in [6.07, 6.45) is 0. The van der Waals surface area contributed by atoms with Gasteiger partial charge in [0, 0.05) is 34.7 Å². The van der Waals surface area contributed by atoms with E-state index in [0.29, 0.717) is 12.1 Å². The largest absolute Gasteiger partial charge is 0.496 e. The van der Waals surface area contributed by atoms with Crippen molar-refractivity contribution >= 4 is 22.2 Å². The number of aromatic nitrogens is 1. The summed E-state index contributed by atoms with van der Waals surface area (Å²) in [5, 5.41) is 17.0. The molecule has 3 aromatic rings. The monoisotopic (exact) mass is 355 g/mol. The lowest BCUT2D eigenvalue weighted by Crippen LogP contribution is -2.01. The van der Waals surface area contributed by atoms with E-state index >= 15 is 0 Å². The molecule has 6 nitrogen and oxygen atoms in total. The molecule has 128 valence electrons. The molecule has 0 aliphatic heterocycles. The Labute approximate surface area is 149 Å². The van der Waals surface area contributed by atoms with Crippen molar-refractivity contribution in [3.63, 3.8) is 0 Å². The molecule has 0 bridgehead atoms. The first kappa shape index (κ1) is 16.9. The van der Waals surface area contributed by atoms with Crippen LogP contribution in [0.4, 0.5) is 10.8 Å². The number of nitro benzene ring substituents is 1. The van der Waals surface area contributed by atoms with Crippen LogP contribution in [0.25, 0.3) is 11.3 Å². The number of anilines is 1. The Hall–Kier alpha value is -2.93. The molecule has 3 rings (SSSR count). The molecule has 25 heavy (non-hydrogen) atoms. The number of nitrogens with one attached hydrogen (secondary N) is 1. The average Bonchev–Trinajstić information content (AvgIpc) is 3.09. The first-order valence-corrected chi connectivity index (χ1v) is 8.53. The molecule has 0 amide bonds. The van der Waals surface area contributed by atoms with Crippen LogP contribution in [0, 0.1) is 17.0 Å². The number of nitrogens with zero attached hydrogens (tertiary/aromatic N) is 2. The second kappa shape index (κ2) is 7.31. The van der Waals surface area contributed by atoms with Gasteiger partial charge in [-0.1, -0.05) is 30.3 Å². The smallest absolute Gasteiger partial charge is 0.272 e. The van der Waals surface area contributed by atoms with Crippen molar-refractivity contribution in [2.75, 3.05) is 12.4 Å². The maximum absolute atomic E-state index is 11.1. The van der Waals surface area contributed by atoms with Gasteiger partial charge in [0.05, 0.1) is 17.7 Å². The lowest BCUT2D eigenvalue weighted by molar-refractivity contribution is -0.385. The number of para-hydroxylation sites is 1. The lowest BCUT2D eigenvalue weighted by atomic mass is 10.1. The summed E-state index contributed by atoms with van der Waals surface area (Å²) in [5.74, 6) is 0.820. The van der Waals surface area contributed by atoms with Gasteiger partial charge in [0.1, 0.15) is 5.75 Å². The average molecular weight is 355 g/mol. The van der Waals surface area contributed by atoms with Gasteiger partial charge in [-0.25, -0.2) is 4.98 Å². The Balaban J connectivity index is 1.77. The van der Waals surface area contributed by atoms with E-state index < -0.39 is 0 Å².